The second-order valence-electron chi connectivity index (χ2n) is 5.53. The molecule has 24 heavy (non-hydrogen) atoms. The van der Waals surface area contributed by atoms with Gasteiger partial charge in [-0.15, -0.1) is 12.4 Å². The summed E-state index contributed by atoms with van der Waals surface area (Å²) in [5.74, 6) is -0.851. The maximum absolute atomic E-state index is 12.8. The van der Waals surface area contributed by atoms with E-state index in [0.717, 1.165) is 7.11 Å². The molecule has 0 bridgehead atoms. The quantitative estimate of drug-likeness (QED) is 0.627. The van der Waals surface area contributed by atoms with Gasteiger partial charge in [-0.3, -0.25) is 4.79 Å². The van der Waals surface area contributed by atoms with Gasteiger partial charge in [0.1, 0.15) is 0 Å². The number of benzene rings is 1. The predicted octanol–water partition coefficient (Wildman–Crippen LogP) is 4.35. The van der Waals surface area contributed by atoms with Gasteiger partial charge in [0.2, 0.25) is 0 Å². The van der Waals surface area contributed by atoms with Gasteiger partial charge in [-0.1, -0.05) is 0 Å². The van der Waals surface area contributed by atoms with E-state index in [1.165, 1.54) is 13.8 Å². The van der Waals surface area contributed by atoms with Crippen molar-refractivity contribution in [3.63, 3.8) is 0 Å². The summed E-state index contributed by atoms with van der Waals surface area (Å²) >= 11 is 0. The Morgan fingerprint density at radius 1 is 1.00 bits per heavy atom. The summed E-state index contributed by atoms with van der Waals surface area (Å²) in [6.07, 6.45) is -9.96. The molecular weight excluding hydrogens is 364 g/mol. The van der Waals surface area contributed by atoms with Crippen LogP contribution in [0.2, 0.25) is 0 Å². The molecule has 0 amide bonds. The lowest BCUT2D eigenvalue weighted by Crippen LogP contribution is -2.37. The first kappa shape index (κ1) is 22.5. The number of nitrogens with two attached hydrogens (primary N) is 1. The summed E-state index contributed by atoms with van der Waals surface area (Å²) in [7, 11) is 1.05. The first-order valence-corrected chi connectivity index (χ1v) is 6.34. The Morgan fingerprint density at radius 2 is 1.38 bits per heavy atom. The van der Waals surface area contributed by atoms with Crippen LogP contribution in [0.5, 0.6) is 0 Å². The van der Waals surface area contributed by atoms with Crippen molar-refractivity contribution < 1.29 is 35.9 Å². The summed E-state index contributed by atoms with van der Waals surface area (Å²) in [6.45, 7) is 2.55. The molecule has 0 aliphatic rings. The summed E-state index contributed by atoms with van der Waals surface area (Å²) in [4.78, 5) is 11.7. The highest BCUT2D eigenvalue weighted by molar-refractivity contribution is 5.85. The van der Waals surface area contributed by atoms with E-state index in [1.807, 2.05) is 0 Å². The zero-order chi connectivity index (χ0) is 18.2. The van der Waals surface area contributed by atoms with E-state index in [2.05, 4.69) is 4.74 Å². The SMILES string of the molecule is COC(=O)C(C)(C)[C@@H](N)c1cc(C(F)(F)F)cc(C(F)(F)F)c1.Cl. The lowest BCUT2D eigenvalue weighted by atomic mass is 9.80. The number of alkyl halides is 6. The van der Waals surface area contributed by atoms with Gasteiger partial charge >= 0.3 is 18.3 Å². The lowest BCUT2D eigenvalue weighted by molar-refractivity contribution is -0.152. The first-order valence-electron chi connectivity index (χ1n) is 6.34. The molecule has 0 aliphatic heterocycles. The molecule has 3 nitrogen and oxygen atoms in total. The molecule has 10 heteroatoms. The van der Waals surface area contributed by atoms with Gasteiger partial charge in [0, 0.05) is 6.04 Å². The van der Waals surface area contributed by atoms with Crippen molar-refractivity contribution in [2.24, 2.45) is 11.1 Å². The molecule has 2 N–H and O–H groups in total. The number of carbonyl (C=O) groups is 1. The summed E-state index contributed by atoms with van der Waals surface area (Å²) in [5, 5.41) is 0. The average Bonchev–Trinajstić information content (AvgIpc) is 2.43. The van der Waals surface area contributed by atoms with Crippen molar-refractivity contribution in [2.75, 3.05) is 7.11 Å². The fourth-order valence-corrected chi connectivity index (χ4v) is 1.97. The normalized spacial score (nSPS) is 13.9. The van der Waals surface area contributed by atoms with E-state index in [4.69, 9.17) is 5.73 Å². The zero-order valence-corrected chi connectivity index (χ0v) is 13.7. The molecule has 0 radical (unpaired) electrons. The Labute approximate surface area is 140 Å². The smallest absolute Gasteiger partial charge is 0.416 e. The van der Waals surface area contributed by atoms with Crippen LogP contribution in [-0.2, 0) is 21.9 Å². The minimum atomic E-state index is -4.98. The number of rotatable bonds is 3. The second-order valence-corrected chi connectivity index (χ2v) is 5.53. The highest BCUT2D eigenvalue weighted by Crippen LogP contribution is 2.40. The van der Waals surface area contributed by atoms with Crippen LogP contribution < -0.4 is 5.73 Å². The number of methoxy groups -OCH3 is 1. The minimum absolute atomic E-state index is 0. The topological polar surface area (TPSA) is 52.3 Å². The Hall–Kier alpha value is -1.48. The monoisotopic (exact) mass is 379 g/mol. The molecule has 0 saturated carbocycles. The van der Waals surface area contributed by atoms with Crippen molar-refractivity contribution >= 4 is 18.4 Å². The van der Waals surface area contributed by atoms with Gasteiger partial charge in [0.25, 0.3) is 0 Å². The van der Waals surface area contributed by atoms with Crippen LogP contribution in [0.3, 0.4) is 0 Å². The van der Waals surface area contributed by atoms with E-state index in [-0.39, 0.29) is 18.5 Å². The molecule has 0 aliphatic carbocycles. The van der Waals surface area contributed by atoms with Crippen LogP contribution in [0.15, 0.2) is 18.2 Å². The third-order valence-corrected chi connectivity index (χ3v) is 3.46. The number of halogens is 7. The molecule has 0 spiro atoms. The second kappa shape index (κ2) is 7.18. The van der Waals surface area contributed by atoms with Crippen LogP contribution in [0.25, 0.3) is 0 Å². The lowest BCUT2D eigenvalue weighted by Gasteiger charge is -2.29. The molecule has 0 heterocycles. The maximum atomic E-state index is 12.8. The Morgan fingerprint density at radius 3 is 1.67 bits per heavy atom. The van der Waals surface area contributed by atoms with Crippen LogP contribution in [0, 0.1) is 5.41 Å². The largest absolute Gasteiger partial charge is 0.469 e. The van der Waals surface area contributed by atoms with E-state index in [9.17, 15) is 31.1 Å². The molecule has 1 aromatic carbocycles. The van der Waals surface area contributed by atoms with Crippen molar-refractivity contribution in [2.45, 2.75) is 32.2 Å². The molecule has 1 rings (SSSR count). The fraction of sp³-hybridized carbons (Fsp3) is 0.500. The van der Waals surface area contributed by atoms with Gasteiger partial charge in [-0.25, -0.2) is 0 Å². The molecule has 1 aromatic rings. The molecule has 1 atom stereocenters. The number of hydrogen-bond acceptors (Lipinski definition) is 3. The number of hydrogen-bond donors (Lipinski definition) is 1. The summed E-state index contributed by atoms with van der Waals surface area (Å²) < 4.78 is 81.4. The minimum Gasteiger partial charge on any atom is -0.469 e. The van der Waals surface area contributed by atoms with Crippen molar-refractivity contribution in [3.05, 3.63) is 34.9 Å². The number of ether oxygens (including phenoxy) is 1. The van der Waals surface area contributed by atoms with E-state index in [0.29, 0.717) is 12.1 Å². The van der Waals surface area contributed by atoms with Crippen molar-refractivity contribution in [1.29, 1.82) is 0 Å². The zero-order valence-electron chi connectivity index (χ0n) is 12.9. The third-order valence-electron chi connectivity index (χ3n) is 3.46. The molecular formula is C14H16ClF6NO2. The molecule has 0 saturated heterocycles. The molecule has 0 aromatic heterocycles. The van der Waals surface area contributed by atoms with Crippen LogP contribution >= 0.6 is 12.4 Å². The summed E-state index contributed by atoms with van der Waals surface area (Å²) in [5.41, 5.74) is 0.795. The fourth-order valence-electron chi connectivity index (χ4n) is 1.97. The molecule has 138 valence electrons. The predicted molar refractivity (Wildman–Crippen MR) is 76.4 cm³/mol. The Bertz CT molecular complexity index is 566. The first-order chi connectivity index (χ1) is 10.2. The van der Waals surface area contributed by atoms with Gasteiger partial charge in [-0.05, 0) is 37.6 Å². The maximum Gasteiger partial charge on any atom is 0.416 e. The van der Waals surface area contributed by atoms with E-state index < -0.39 is 46.5 Å². The molecule has 0 fully saturated rings. The Balaban J connectivity index is 0.00000529. The van der Waals surface area contributed by atoms with Crippen LogP contribution in [0.4, 0.5) is 26.3 Å². The van der Waals surface area contributed by atoms with Gasteiger partial charge < -0.3 is 10.5 Å². The van der Waals surface area contributed by atoms with Crippen molar-refractivity contribution in [3.8, 4) is 0 Å². The van der Waals surface area contributed by atoms with E-state index >= 15 is 0 Å². The standard InChI is InChI=1S/C14H15F6NO2.ClH/c1-12(2,11(22)23-3)10(21)7-4-8(13(15,16)17)6-9(5-7)14(18,19)20;/h4-6,10H,21H2,1-3H3;1H/t10-;/m0./s1. The number of carbonyl (C=O) groups excluding carboxylic acids is 1. The number of esters is 1. The van der Waals surface area contributed by atoms with Crippen LogP contribution in [-0.4, -0.2) is 13.1 Å². The van der Waals surface area contributed by atoms with E-state index in [1.54, 1.807) is 0 Å². The Kier molecular flexibility index (Phi) is 6.74. The van der Waals surface area contributed by atoms with Gasteiger partial charge in [0.05, 0.1) is 23.7 Å². The van der Waals surface area contributed by atoms with Gasteiger partial charge in [-0.2, -0.15) is 26.3 Å². The highest BCUT2D eigenvalue weighted by Gasteiger charge is 2.41. The average molecular weight is 380 g/mol. The highest BCUT2D eigenvalue weighted by atomic mass is 35.5. The third kappa shape index (κ3) is 4.76. The van der Waals surface area contributed by atoms with Crippen molar-refractivity contribution in [1.82, 2.24) is 0 Å². The van der Waals surface area contributed by atoms with Gasteiger partial charge in [0.15, 0.2) is 0 Å². The van der Waals surface area contributed by atoms with Crippen LogP contribution in [0.1, 0.15) is 36.6 Å². The molecule has 0 unspecified atom stereocenters. The summed E-state index contributed by atoms with van der Waals surface area (Å²) in [6, 6.07) is -0.408.